The predicted molar refractivity (Wildman–Crippen MR) is 121 cm³/mol. The van der Waals surface area contributed by atoms with E-state index in [1.165, 1.54) is 0 Å². The molecule has 5 nitrogen and oxygen atoms in total. The Morgan fingerprint density at radius 2 is 1.67 bits per heavy atom. The van der Waals surface area contributed by atoms with Crippen LogP contribution in [0.1, 0.15) is 16.2 Å². The molecule has 0 saturated heterocycles. The van der Waals surface area contributed by atoms with E-state index in [0.29, 0.717) is 32.3 Å². The summed E-state index contributed by atoms with van der Waals surface area (Å²) in [5, 5.41) is 8.48. The Hall–Kier alpha value is -2.86. The number of benzene rings is 3. The zero-order valence-electron chi connectivity index (χ0n) is 15.7. The number of carbonyl (C=O) groups excluding carboxylic acids is 1. The topological polar surface area (TPSA) is 59.8 Å². The van der Waals surface area contributed by atoms with Crippen LogP contribution in [0.5, 0.6) is 0 Å². The minimum atomic E-state index is -0.470. The van der Waals surface area contributed by atoms with Crippen LogP contribution >= 0.6 is 34.8 Å². The molecule has 0 aliphatic rings. The highest BCUT2D eigenvalue weighted by molar-refractivity contribution is 6.42. The molecule has 4 aromatic rings. The third-order valence-electron chi connectivity index (χ3n) is 4.45. The molecule has 1 amide bonds. The largest absolute Gasteiger partial charge is 0.318 e. The molecule has 1 heterocycles. The average molecular weight is 458 g/mol. The number of nitrogens with one attached hydrogen (secondary N) is 1. The van der Waals surface area contributed by atoms with E-state index in [4.69, 9.17) is 34.8 Å². The van der Waals surface area contributed by atoms with Crippen molar-refractivity contribution in [3.8, 4) is 17.1 Å². The monoisotopic (exact) mass is 456 g/mol. The fraction of sp³-hybridized carbons (Fsp3) is 0.0455. The SMILES string of the molecule is Cc1cccc(Cl)c1NC(=O)c1nc(-c2ccccc2)n(-c2ccc(Cl)c(Cl)c2)n1. The second-order valence-corrected chi connectivity index (χ2v) is 7.74. The number of hydrogen-bond donors (Lipinski definition) is 1. The predicted octanol–water partition coefficient (Wildman–Crippen LogP) is 6.46. The quantitative estimate of drug-likeness (QED) is 0.383. The average Bonchev–Trinajstić information content (AvgIpc) is 3.19. The van der Waals surface area contributed by atoms with E-state index in [1.807, 2.05) is 49.4 Å². The Bertz CT molecular complexity index is 1220. The van der Waals surface area contributed by atoms with Gasteiger partial charge in [-0.2, -0.15) is 0 Å². The van der Waals surface area contributed by atoms with E-state index in [-0.39, 0.29) is 5.82 Å². The molecular weight excluding hydrogens is 443 g/mol. The van der Waals surface area contributed by atoms with Crippen LogP contribution in [-0.4, -0.2) is 20.7 Å². The molecular formula is C22H15Cl3N4O. The van der Waals surface area contributed by atoms with E-state index < -0.39 is 5.91 Å². The van der Waals surface area contributed by atoms with Gasteiger partial charge in [0.15, 0.2) is 5.82 Å². The van der Waals surface area contributed by atoms with E-state index in [9.17, 15) is 4.79 Å². The van der Waals surface area contributed by atoms with Crippen LogP contribution in [0.25, 0.3) is 17.1 Å². The first-order valence-corrected chi connectivity index (χ1v) is 10.1. The van der Waals surface area contributed by atoms with Gasteiger partial charge in [-0.15, -0.1) is 5.10 Å². The van der Waals surface area contributed by atoms with Gasteiger partial charge in [0.05, 0.1) is 26.4 Å². The lowest BCUT2D eigenvalue weighted by Crippen LogP contribution is -2.15. The number of aromatic nitrogens is 3. The summed E-state index contributed by atoms with van der Waals surface area (Å²) in [5.74, 6) is 0.0245. The summed E-state index contributed by atoms with van der Waals surface area (Å²) in [4.78, 5) is 17.4. The molecule has 0 radical (unpaired) electrons. The lowest BCUT2D eigenvalue weighted by molar-refractivity contribution is 0.101. The second-order valence-electron chi connectivity index (χ2n) is 6.52. The van der Waals surface area contributed by atoms with Gasteiger partial charge in [0.1, 0.15) is 0 Å². The van der Waals surface area contributed by atoms with Gasteiger partial charge < -0.3 is 5.32 Å². The number of rotatable bonds is 4. The summed E-state index contributed by atoms with van der Waals surface area (Å²) in [5.41, 5.74) is 2.78. The maximum absolute atomic E-state index is 12.9. The first-order valence-electron chi connectivity index (χ1n) is 8.98. The van der Waals surface area contributed by atoms with Crippen molar-refractivity contribution in [1.82, 2.24) is 14.8 Å². The number of aryl methyl sites for hydroxylation is 1. The Balaban J connectivity index is 1.79. The summed E-state index contributed by atoms with van der Waals surface area (Å²) in [6.45, 7) is 1.86. The number of amides is 1. The first kappa shape index (κ1) is 20.4. The molecule has 1 aromatic heterocycles. The van der Waals surface area contributed by atoms with E-state index in [0.717, 1.165) is 11.1 Å². The van der Waals surface area contributed by atoms with E-state index in [1.54, 1.807) is 28.9 Å². The molecule has 4 rings (SSSR count). The molecule has 0 aliphatic carbocycles. The van der Waals surface area contributed by atoms with Gasteiger partial charge in [-0.25, -0.2) is 9.67 Å². The summed E-state index contributed by atoms with van der Waals surface area (Å²) in [6.07, 6.45) is 0. The van der Waals surface area contributed by atoms with Gasteiger partial charge in [0.2, 0.25) is 5.82 Å². The van der Waals surface area contributed by atoms with Crippen LogP contribution in [0.15, 0.2) is 66.7 Å². The standard InChI is InChI=1S/C22H15Cl3N4O/c1-13-6-5-9-17(24)19(13)26-22(30)20-27-21(14-7-3-2-4-8-14)29(28-20)15-10-11-16(23)18(25)12-15/h2-12H,1H3,(H,26,30). The van der Waals surface area contributed by atoms with Crippen LogP contribution in [0.2, 0.25) is 15.1 Å². The zero-order valence-corrected chi connectivity index (χ0v) is 18.0. The van der Waals surface area contributed by atoms with E-state index in [2.05, 4.69) is 15.4 Å². The van der Waals surface area contributed by atoms with Crippen molar-refractivity contribution in [2.45, 2.75) is 6.92 Å². The van der Waals surface area contributed by atoms with Crippen LogP contribution in [-0.2, 0) is 0 Å². The molecule has 3 aromatic carbocycles. The lowest BCUT2D eigenvalue weighted by Gasteiger charge is -2.08. The van der Waals surface area contributed by atoms with Crippen molar-refractivity contribution >= 4 is 46.4 Å². The highest BCUT2D eigenvalue weighted by atomic mass is 35.5. The van der Waals surface area contributed by atoms with E-state index >= 15 is 0 Å². The number of hydrogen-bond acceptors (Lipinski definition) is 3. The molecule has 0 aliphatic heterocycles. The van der Waals surface area contributed by atoms with Gasteiger partial charge in [0.25, 0.3) is 5.91 Å². The maximum atomic E-state index is 12.9. The van der Waals surface area contributed by atoms with Crippen molar-refractivity contribution in [2.75, 3.05) is 5.32 Å². The molecule has 0 unspecified atom stereocenters. The van der Waals surface area contributed by atoms with Crippen LogP contribution < -0.4 is 5.32 Å². The second kappa shape index (κ2) is 8.48. The fourth-order valence-electron chi connectivity index (χ4n) is 2.94. The van der Waals surface area contributed by atoms with Crippen molar-refractivity contribution in [3.05, 3.63) is 93.2 Å². The van der Waals surface area contributed by atoms with Gasteiger partial charge in [0, 0.05) is 5.56 Å². The molecule has 150 valence electrons. The third kappa shape index (κ3) is 4.05. The summed E-state index contributed by atoms with van der Waals surface area (Å²) in [7, 11) is 0. The molecule has 1 N–H and O–H groups in total. The maximum Gasteiger partial charge on any atom is 0.295 e. The fourth-order valence-corrected chi connectivity index (χ4v) is 3.50. The third-order valence-corrected chi connectivity index (χ3v) is 5.50. The van der Waals surface area contributed by atoms with Crippen molar-refractivity contribution < 1.29 is 4.79 Å². The smallest absolute Gasteiger partial charge is 0.295 e. The summed E-state index contributed by atoms with van der Waals surface area (Å²) < 4.78 is 1.56. The van der Waals surface area contributed by atoms with Gasteiger partial charge in [-0.3, -0.25) is 4.79 Å². The molecule has 0 atom stereocenters. The molecule has 0 fully saturated rings. The molecule has 0 bridgehead atoms. The molecule has 8 heteroatoms. The minimum Gasteiger partial charge on any atom is -0.318 e. The van der Waals surface area contributed by atoms with Gasteiger partial charge in [-0.1, -0.05) is 77.3 Å². The van der Waals surface area contributed by atoms with Crippen LogP contribution in [0.4, 0.5) is 5.69 Å². The summed E-state index contributed by atoms with van der Waals surface area (Å²) >= 11 is 18.5. The molecule has 30 heavy (non-hydrogen) atoms. The highest BCUT2D eigenvalue weighted by Crippen LogP contribution is 2.28. The van der Waals surface area contributed by atoms with Crippen LogP contribution in [0, 0.1) is 6.92 Å². The zero-order chi connectivity index (χ0) is 21.3. The van der Waals surface area contributed by atoms with Gasteiger partial charge in [-0.05, 0) is 36.8 Å². The Morgan fingerprint density at radius 3 is 2.37 bits per heavy atom. The van der Waals surface area contributed by atoms with Crippen molar-refractivity contribution in [1.29, 1.82) is 0 Å². The number of carbonyl (C=O) groups is 1. The first-order chi connectivity index (χ1) is 14.4. The lowest BCUT2D eigenvalue weighted by atomic mass is 10.2. The normalized spacial score (nSPS) is 10.8. The Labute approximate surface area is 188 Å². The molecule has 0 saturated carbocycles. The number of halogens is 3. The number of para-hydroxylation sites is 1. The number of anilines is 1. The Kier molecular flexibility index (Phi) is 5.77. The van der Waals surface area contributed by atoms with Crippen LogP contribution in [0.3, 0.4) is 0 Å². The highest BCUT2D eigenvalue weighted by Gasteiger charge is 2.20. The van der Waals surface area contributed by atoms with Crippen molar-refractivity contribution in [3.63, 3.8) is 0 Å². The van der Waals surface area contributed by atoms with Gasteiger partial charge >= 0.3 is 0 Å². The molecule has 0 spiro atoms. The van der Waals surface area contributed by atoms with Crippen molar-refractivity contribution in [2.24, 2.45) is 0 Å². The minimum absolute atomic E-state index is 0.000699. The Morgan fingerprint density at radius 1 is 0.900 bits per heavy atom. The number of nitrogens with zero attached hydrogens (tertiary/aromatic N) is 3. The summed E-state index contributed by atoms with van der Waals surface area (Å²) in [6, 6.07) is 19.9.